The highest BCUT2D eigenvalue weighted by Gasteiger charge is 2.23. The molecule has 1 aliphatic heterocycles. The van der Waals surface area contributed by atoms with Crippen LogP contribution in [0.3, 0.4) is 0 Å². The Kier molecular flexibility index (Phi) is 2.83. The smallest absolute Gasteiger partial charge is 0.180 e. The predicted octanol–water partition coefficient (Wildman–Crippen LogP) is 0.829. The molecule has 4 heteroatoms. The van der Waals surface area contributed by atoms with Crippen LogP contribution in [-0.2, 0) is 6.42 Å². The molecule has 2 rings (SSSR count). The first kappa shape index (κ1) is 11.0. The van der Waals surface area contributed by atoms with E-state index >= 15 is 0 Å². The number of hydrogen-bond donors (Lipinski definition) is 1. The number of hydrogen-bond acceptors (Lipinski definition) is 4. The van der Waals surface area contributed by atoms with E-state index in [4.69, 9.17) is 10.5 Å². The molecule has 0 saturated carbocycles. The topological polar surface area (TPSA) is 55.6 Å². The standard InChI is InChI=1S/C12H16N2O2/c1-14-6-5-8-10(14)4-3-9(11(15)7-13)12(8)16-2/h3-4H,5-7,13H2,1-2H3. The molecule has 1 aliphatic rings. The first-order valence-corrected chi connectivity index (χ1v) is 5.33. The molecule has 4 nitrogen and oxygen atoms in total. The van der Waals surface area contributed by atoms with Crippen LogP contribution in [0.1, 0.15) is 15.9 Å². The normalized spacial score (nSPS) is 13.8. The second kappa shape index (κ2) is 4.14. The summed E-state index contributed by atoms with van der Waals surface area (Å²) in [6.45, 7) is 0.983. The molecule has 1 aromatic rings. The minimum atomic E-state index is -0.0748. The Hall–Kier alpha value is -1.55. The summed E-state index contributed by atoms with van der Waals surface area (Å²) in [5.74, 6) is 0.617. The first-order chi connectivity index (χ1) is 7.69. The van der Waals surface area contributed by atoms with Crippen molar-refractivity contribution in [1.29, 1.82) is 0 Å². The van der Waals surface area contributed by atoms with E-state index in [0.717, 1.165) is 24.2 Å². The zero-order valence-corrected chi connectivity index (χ0v) is 9.62. The second-order valence-electron chi connectivity index (χ2n) is 3.94. The minimum absolute atomic E-state index is 0.0188. The van der Waals surface area contributed by atoms with E-state index in [0.29, 0.717) is 11.3 Å². The summed E-state index contributed by atoms with van der Waals surface area (Å²) in [5, 5.41) is 0. The number of carbonyl (C=O) groups is 1. The van der Waals surface area contributed by atoms with Gasteiger partial charge in [-0.05, 0) is 18.6 Å². The van der Waals surface area contributed by atoms with E-state index in [9.17, 15) is 4.79 Å². The molecule has 2 N–H and O–H groups in total. The molecular weight excluding hydrogens is 204 g/mol. The molecular formula is C12H16N2O2. The maximum Gasteiger partial charge on any atom is 0.180 e. The quantitative estimate of drug-likeness (QED) is 0.766. The molecule has 16 heavy (non-hydrogen) atoms. The van der Waals surface area contributed by atoms with Crippen molar-refractivity contribution in [3.63, 3.8) is 0 Å². The van der Waals surface area contributed by atoms with E-state index in [-0.39, 0.29) is 12.3 Å². The molecule has 0 aliphatic carbocycles. The molecule has 86 valence electrons. The Morgan fingerprint density at radius 2 is 2.31 bits per heavy atom. The van der Waals surface area contributed by atoms with Crippen LogP contribution in [0, 0.1) is 0 Å². The number of likely N-dealkylation sites (N-methyl/N-ethyl adjacent to an activating group) is 1. The number of nitrogens with two attached hydrogens (primary N) is 1. The van der Waals surface area contributed by atoms with Gasteiger partial charge in [-0.25, -0.2) is 0 Å². The molecule has 0 aromatic heterocycles. The van der Waals surface area contributed by atoms with Crippen LogP contribution in [0.25, 0.3) is 0 Å². The Morgan fingerprint density at radius 3 is 2.94 bits per heavy atom. The fourth-order valence-corrected chi connectivity index (χ4v) is 2.18. The van der Waals surface area contributed by atoms with Crippen molar-refractivity contribution in [3.05, 3.63) is 23.3 Å². The largest absolute Gasteiger partial charge is 0.496 e. The Morgan fingerprint density at radius 1 is 1.56 bits per heavy atom. The van der Waals surface area contributed by atoms with Gasteiger partial charge in [0, 0.05) is 24.8 Å². The van der Waals surface area contributed by atoms with Gasteiger partial charge in [-0.1, -0.05) is 0 Å². The lowest BCUT2D eigenvalue weighted by Crippen LogP contribution is -2.15. The summed E-state index contributed by atoms with van der Waals surface area (Å²) in [6.07, 6.45) is 0.917. The van der Waals surface area contributed by atoms with Crippen molar-refractivity contribution in [2.24, 2.45) is 5.73 Å². The summed E-state index contributed by atoms with van der Waals surface area (Å²) >= 11 is 0. The fraction of sp³-hybridized carbons (Fsp3) is 0.417. The van der Waals surface area contributed by atoms with Gasteiger partial charge in [-0.3, -0.25) is 4.79 Å². The van der Waals surface area contributed by atoms with Gasteiger partial charge in [0.25, 0.3) is 0 Å². The monoisotopic (exact) mass is 220 g/mol. The Bertz CT molecular complexity index is 429. The van der Waals surface area contributed by atoms with Crippen molar-refractivity contribution in [2.45, 2.75) is 6.42 Å². The molecule has 0 amide bonds. The molecule has 0 atom stereocenters. The Balaban J connectivity index is 2.54. The second-order valence-corrected chi connectivity index (χ2v) is 3.94. The van der Waals surface area contributed by atoms with Gasteiger partial charge < -0.3 is 15.4 Å². The highest BCUT2D eigenvalue weighted by molar-refractivity contribution is 6.01. The van der Waals surface area contributed by atoms with Crippen molar-refractivity contribution >= 4 is 11.5 Å². The highest BCUT2D eigenvalue weighted by atomic mass is 16.5. The summed E-state index contributed by atoms with van der Waals surface area (Å²) in [5.41, 5.74) is 8.24. The maximum absolute atomic E-state index is 11.7. The Labute approximate surface area is 95.0 Å². The number of rotatable bonds is 3. The van der Waals surface area contributed by atoms with Crippen molar-refractivity contribution in [1.82, 2.24) is 0 Å². The van der Waals surface area contributed by atoms with Crippen molar-refractivity contribution in [2.75, 3.05) is 32.1 Å². The molecule has 1 heterocycles. The van der Waals surface area contributed by atoms with Crippen LogP contribution < -0.4 is 15.4 Å². The summed E-state index contributed by atoms with van der Waals surface area (Å²) < 4.78 is 5.36. The zero-order chi connectivity index (χ0) is 11.7. The number of benzene rings is 1. The molecule has 0 unspecified atom stereocenters. The van der Waals surface area contributed by atoms with Crippen LogP contribution in [0.4, 0.5) is 5.69 Å². The molecule has 0 fully saturated rings. The first-order valence-electron chi connectivity index (χ1n) is 5.33. The zero-order valence-electron chi connectivity index (χ0n) is 9.62. The lowest BCUT2D eigenvalue weighted by molar-refractivity contribution is 0.0998. The number of carbonyl (C=O) groups excluding carboxylic acids is 1. The van der Waals surface area contributed by atoms with E-state index in [1.54, 1.807) is 13.2 Å². The average molecular weight is 220 g/mol. The van der Waals surface area contributed by atoms with E-state index in [1.165, 1.54) is 0 Å². The third-order valence-corrected chi connectivity index (χ3v) is 3.03. The van der Waals surface area contributed by atoms with Crippen molar-refractivity contribution < 1.29 is 9.53 Å². The minimum Gasteiger partial charge on any atom is -0.496 e. The van der Waals surface area contributed by atoms with E-state index < -0.39 is 0 Å². The number of Topliss-reactive ketones (excluding diaryl/α,β-unsaturated/α-hetero) is 1. The van der Waals surface area contributed by atoms with Gasteiger partial charge in [0.2, 0.25) is 0 Å². The van der Waals surface area contributed by atoms with Crippen LogP contribution >= 0.6 is 0 Å². The van der Waals surface area contributed by atoms with E-state index in [1.807, 2.05) is 13.1 Å². The van der Waals surface area contributed by atoms with Crippen LogP contribution in [0.15, 0.2) is 12.1 Å². The van der Waals surface area contributed by atoms with Gasteiger partial charge in [0.15, 0.2) is 5.78 Å². The van der Waals surface area contributed by atoms with Gasteiger partial charge in [-0.15, -0.1) is 0 Å². The van der Waals surface area contributed by atoms with E-state index in [2.05, 4.69) is 4.90 Å². The van der Waals surface area contributed by atoms with Gasteiger partial charge >= 0.3 is 0 Å². The number of fused-ring (bicyclic) bond motifs is 1. The predicted molar refractivity (Wildman–Crippen MR) is 63.4 cm³/mol. The lowest BCUT2D eigenvalue weighted by atomic mass is 10.0. The van der Waals surface area contributed by atoms with Gasteiger partial charge in [-0.2, -0.15) is 0 Å². The molecule has 0 saturated heterocycles. The summed E-state index contributed by atoms with van der Waals surface area (Å²) in [6, 6.07) is 3.77. The number of ketones is 1. The maximum atomic E-state index is 11.7. The summed E-state index contributed by atoms with van der Waals surface area (Å²) in [7, 11) is 3.64. The van der Waals surface area contributed by atoms with Crippen LogP contribution in [-0.4, -0.2) is 33.0 Å². The number of nitrogens with zero attached hydrogens (tertiary/aromatic N) is 1. The third-order valence-electron chi connectivity index (χ3n) is 3.03. The molecule has 0 bridgehead atoms. The average Bonchev–Trinajstić information content (AvgIpc) is 2.69. The molecule has 0 spiro atoms. The van der Waals surface area contributed by atoms with Crippen molar-refractivity contribution in [3.8, 4) is 5.75 Å². The molecule has 0 radical (unpaired) electrons. The number of methoxy groups -OCH3 is 1. The van der Waals surface area contributed by atoms with Gasteiger partial charge in [0.05, 0.1) is 19.2 Å². The summed E-state index contributed by atoms with van der Waals surface area (Å²) in [4.78, 5) is 13.8. The fourth-order valence-electron chi connectivity index (χ4n) is 2.18. The van der Waals surface area contributed by atoms with Gasteiger partial charge in [0.1, 0.15) is 5.75 Å². The SMILES string of the molecule is COc1c(C(=O)CN)ccc2c1CCN2C. The number of ether oxygens (including phenoxy) is 1. The number of anilines is 1. The highest BCUT2D eigenvalue weighted by Crippen LogP contribution is 2.36. The third kappa shape index (κ3) is 1.55. The van der Waals surface area contributed by atoms with Crippen LogP contribution in [0.5, 0.6) is 5.75 Å². The molecule has 1 aromatic carbocycles. The lowest BCUT2D eigenvalue weighted by Gasteiger charge is -2.15. The van der Waals surface area contributed by atoms with Crippen LogP contribution in [0.2, 0.25) is 0 Å².